The zero-order valence-corrected chi connectivity index (χ0v) is 15.3. The van der Waals surface area contributed by atoms with E-state index >= 15 is 0 Å². The molecular formula is C21H23N3O3. The number of nitrogens with zero attached hydrogens (tertiary/aromatic N) is 2. The van der Waals surface area contributed by atoms with Gasteiger partial charge in [0.1, 0.15) is 5.82 Å². The number of hydrogen-bond acceptors (Lipinski definition) is 4. The minimum Gasteiger partial charge on any atom is -0.478 e. The summed E-state index contributed by atoms with van der Waals surface area (Å²) in [5.41, 5.74) is 2.62. The number of carbonyl (C=O) groups excluding carboxylic acids is 1. The standard InChI is InChI=1S/C21H23N3O3/c1-15-2-6-17(7-3-15)21(27)24-12-10-18(11-13-24)23-19-8-4-16(14-22-19)5-9-20(25)26/h2-9,14,18H,10-13H2,1H3,(H,22,23)(H,25,26)/b9-5+. The molecule has 1 aliphatic heterocycles. The molecule has 2 aromatic rings. The van der Waals surface area contributed by atoms with Crippen molar-refractivity contribution in [2.75, 3.05) is 18.4 Å². The summed E-state index contributed by atoms with van der Waals surface area (Å²) in [4.78, 5) is 29.3. The lowest BCUT2D eigenvalue weighted by molar-refractivity contribution is -0.131. The van der Waals surface area contributed by atoms with Crippen molar-refractivity contribution >= 4 is 23.8 Å². The van der Waals surface area contributed by atoms with E-state index in [1.165, 1.54) is 6.08 Å². The van der Waals surface area contributed by atoms with Gasteiger partial charge in [-0.3, -0.25) is 4.79 Å². The van der Waals surface area contributed by atoms with Crippen molar-refractivity contribution in [2.45, 2.75) is 25.8 Å². The third-order valence-corrected chi connectivity index (χ3v) is 4.64. The second kappa shape index (κ2) is 8.49. The highest BCUT2D eigenvalue weighted by Crippen LogP contribution is 2.18. The van der Waals surface area contributed by atoms with Gasteiger partial charge in [-0.2, -0.15) is 0 Å². The van der Waals surface area contributed by atoms with E-state index < -0.39 is 5.97 Å². The van der Waals surface area contributed by atoms with Crippen LogP contribution in [0, 0.1) is 6.92 Å². The Morgan fingerprint density at radius 1 is 1.15 bits per heavy atom. The van der Waals surface area contributed by atoms with Gasteiger partial charge < -0.3 is 15.3 Å². The number of benzene rings is 1. The largest absolute Gasteiger partial charge is 0.478 e. The molecule has 0 spiro atoms. The zero-order chi connectivity index (χ0) is 19.2. The molecule has 1 aromatic carbocycles. The van der Waals surface area contributed by atoms with Gasteiger partial charge in [0.15, 0.2) is 0 Å². The Kier molecular flexibility index (Phi) is 5.86. The second-order valence-electron chi connectivity index (χ2n) is 6.73. The number of aliphatic carboxylic acids is 1. The van der Waals surface area contributed by atoms with E-state index in [9.17, 15) is 9.59 Å². The number of carboxylic acid groups (broad SMARTS) is 1. The molecule has 0 radical (unpaired) electrons. The molecule has 1 aliphatic rings. The highest BCUT2D eigenvalue weighted by molar-refractivity contribution is 5.94. The minimum atomic E-state index is -0.982. The van der Waals surface area contributed by atoms with Crippen molar-refractivity contribution in [3.63, 3.8) is 0 Å². The molecule has 27 heavy (non-hydrogen) atoms. The summed E-state index contributed by atoms with van der Waals surface area (Å²) in [7, 11) is 0. The molecule has 140 valence electrons. The number of pyridine rings is 1. The number of anilines is 1. The first-order chi connectivity index (χ1) is 13.0. The lowest BCUT2D eigenvalue weighted by atomic mass is 10.0. The molecule has 2 N–H and O–H groups in total. The maximum absolute atomic E-state index is 12.6. The van der Waals surface area contributed by atoms with Crippen molar-refractivity contribution in [1.82, 2.24) is 9.88 Å². The van der Waals surface area contributed by atoms with E-state index in [4.69, 9.17) is 5.11 Å². The van der Waals surface area contributed by atoms with Crippen LogP contribution in [0.5, 0.6) is 0 Å². The molecule has 0 saturated carbocycles. The maximum atomic E-state index is 12.6. The molecule has 1 saturated heterocycles. The Hall–Kier alpha value is -3.15. The van der Waals surface area contributed by atoms with E-state index in [2.05, 4.69) is 10.3 Å². The number of amides is 1. The zero-order valence-electron chi connectivity index (χ0n) is 15.3. The van der Waals surface area contributed by atoms with Gasteiger partial charge in [-0.1, -0.05) is 17.7 Å². The summed E-state index contributed by atoms with van der Waals surface area (Å²) in [6.07, 6.45) is 5.96. The first-order valence-electron chi connectivity index (χ1n) is 9.01. The molecule has 3 rings (SSSR count). The molecule has 6 heteroatoms. The molecule has 6 nitrogen and oxygen atoms in total. The molecule has 1 fully saturated rings. The quantitative estimate of drug-likeness (QED) is 0.795. The molecule has 0 atom stereocenters. The summed E-state index contributed by atoms with van der Waals surface area (Å²) >= 11 is 0. The summed E-state index contributed by atoms with van der Waals surface area (Å²) in [5.74, 6) is -0.143. The smallest absolute Gasteiger partial charge is 0.328 e. The summed E-state index contributed by atoms with van der Waals surface area (Å²) in [6, 6.07) is 11.6. The van der Waals surface area contributed by atoms with Crippen LogP contribution in [0.3, 0.4) is 0 Å². The Balaban J connectivity index is 1.51. The van der Waals surface area contributed by atoms with Crippen LogP contribution in [0.25, 0.3) is 6.08 Å². The van der Waals surface area contributed by atoms with Gasteiger partial charge in [0.05, 0.1) is 0 Å². The first-order valence-corrected chi connectivity index (χ1v) is 9.01. The van der Waals surface area contributed by atoms with E-state index in [0.29, 0.717) is 13.1 Å². The summed E-state index contributed by atoms with van der Waals surface area (Å²) in [6.45, 7) is 3.43. The minimum absolute atomic E-state index is 0.0844. The normalized spacial score (nSPS) is 15.1. The first kappa shape index (κ1) is 18.6. The number of rotatable bonds is 5. The van der Waals surface area contributed by atoms with Gasteiger partial charge in [0.25, 0.3) is 5.91 Å². The van der Waals surface area contributed by atoms with Crippen molar-refractivity contribution in [2.24, 2.45) is 0 Å². The number of aryl methyl sites for hydroxylation is 1. The predicted octanol–water partition coefficient (Wildman–Crippen LogP) is 3.20. The van der Waals surface area contributed by atoms with E-state index in [-0.39, 0.29) is 11.9 Å². The van der Waals surface area contributed by atoms with Crippen LogP contribution in [-0.2, 0) is 4.79 Å². The van der Waals surface area contributed by atoms with Crippen LogP contribution in [-0.4, -0.2) is 46.0 Å². The monoisotopic (exact) mass is 365 g/mol. The van der Waals surface area contributed by atoms with Crippen molar-refractivity contribution in [3.05, 3.63) is 65.4 Å². The molecule has 1 aromatic heterocycles. The number of piperidine rings is 1. The maximum Gasteiger partial charge on any atom is 0.328 e. The van der Waals surface area contributed by atoms with Gasteiger partial charge in [-0.05, 0) is 55.7 Å². The molecule has 0 aliphatic carbocycles. The highest BCUT2D eigenvalue weighted by atomic mass is 16.4. The van der Waals surface area contributed by atoms with Gasteiger partial charge >= 0.3 is 5.97 Å². The molecule has 2 heterocycles. The molecule has 1 amide bonds. The van der Waals surface area contributed by atoms with E-state index in [0.717, 1.165) is 41.4 Å². The lowest BCUT2D eigenvalue weighted by Crippen LogP contribution is -2.42. The fourth-order valence-corrected chi connectivity index (χ4v) is 3.07. The van der Waals surface area contributed by atoms with Gasteiger partial charge in [-0.25, -0.2) is 9.78 Å². The number of hydrogen-bond donors (Lipinski definition) is 2. The number of carboxylic acids is 1. The number of aromatic nitrogens is 1. The van der Waals surface area contributed by atoms with Crippen molar-refractivity contribution in [1.29, 1.82) is 0 Å². The van der Waals surface area contributed by atoms with E-state index in [1.807, 2.05) is 48.2 Å². The fraction of sp³-hybridized carbons (Fsp3) is 0.286. The van der Waals surface area contributed by atoms with Crippen LogP contribution in [0.2, 0.25) is 0 Å². The predicted molar refractivity (Wildman–Crippen MR) is 105 cm³/mol. The average molecular weight is 365 g/mol. The highest BCUT2D eigenvalue weighted by Gasteiger charge is 2.23. The van der Waals surface area contributed by atoms with Gasteiger partial charge in [-0.15, -0.1) is 0 Å². The second-order valence-corrected chi connectivity index (χ2v) is 6.73. The third kappa shape index (κ3) is 5.17. The molecule has 0 unspecified atom stereocenters. The lowest BCUT2D eigenvalue weighted by Gasteiger charge is -2.32. The van der Waals surface area contributed by atoms with Crippen LogP contribution in [0.15, 0.2) is 48.7 Å². The number of nitrogens with one attached hydrogen (secondary N) is 1. The average Bonchev–Trinajstić information content (AvgIpc) is 2.68. The van der Waals surface area contributed by atoms with Crippen molar-refractivity contribution in [3.8, 4) is 0 Å². The SMILES string of the molecule is Cc1ccc(C(=O)N2CCC(Nc3ccc(/C=C/C(=O)O)cn3)CC2)cc1. The molecular weight excluding hydrogens is 342 g/mol. The Morgan fingerprint density at radius 3 is 2.44 bits per heavy atom. The van der Waals surface area contributed by atoms with E-state index in [1.54, 1.807) is 6.20 Å². The van der Waals surface area contributed by atoms with Gasteiger partial charge in [0, 0.05) is 37.0 Å². The fourth-order valence-electron chi connectivity index (χ4n) is 3.07. The van der Waals surface area contributed by atoms with Crippen LogP contribution >= 0.6 is 0 Å². The topological polar surface area (TPSA) is 82.5 Å². The summed E-state index contributed by atoms with van der Waals surface area (Å²) < 4.78 is 0. The van der Waals surface area contributed by atoms with Crippen molar-refractivity contribution < 1.29 is 14.7 Å². The Labute approximate surface area is 158 Å². The van der Waals surface area contributed by atoms with Crippen LogP contribution in [0.1, 0.15) is 34.3 Å². The molecule has 0 bridgehead atoms. The summed E-state index contributed by atoms with van der Waals surface area (Å²) in [5, 5.41) is 12.0. The third-order valence-electron chi connectivity index (χ3n) is 4.64. The Morgan fingerprint density at radius 2 is 1.85 bits per heavy atom. The van der Waals surface area contributed by atoms with Crippen LogP contribution in [0.4, 0.5) is 5.82 Å². The number of likely N-dealkylation sites (tertiary alicyclic amines) is 1. The Bertz CT molecular complexity index is 821. The van der Waals surface area contributed by atoms with Crippen LogP contribution < -0.4 is 5.32 Å². The van der Waals surface area contributed by atoms with Gasteiger partial charge in [0.2, 0.25) is 0 Å². The number of carbonyl (C=O) groups is 2.